The first-order chi connectivity index (χ1) is 16.0. The smallest absolute Gasteiger partial charge is 0.309 e. The van der Waals surface area contributed by atoms with Gasteiger partial charge in [-0.25, -0.2) is 0 Å². The second-order valence-corrected chi connectivity index (χ2v) is 10.3. The van der Waals surface area contributed by atoms with Gasteiger partial charge in [0, 0.05) is 10.0 Å². The van der Waals surface area contributed by atoms with Crippen molar-refractivity contribution in [1.82, 2.24) is 4.90 Å². The molecule has 2 aromatic rings. The van der Waals surface area contributed by atoms with Gasteiger partial charge in [0.2, 0.25) is 0 Å². The minimum absolute atomic E-state index is 0.228. The van der Waals surface area contributed by atoms with Crippen LogP contribution in [0.5, 0.6) is 0 Å². The maximum Gasteiger partial charge on any atom is 0.309 e. The fourth-order valence-corrected chi connectivity index (χ4v) is 4.51. The summed E-state index contributed by atoms with van der Waals surface area (Å²) in [6.07, 6.45) is -1.42. The number of morpholine rings is 1. The minimum atomic E-state index is -1.07. The van der Waals surface area contributed by atoms with Crippen LogP contribution >= 0.6 is 23.2 Å². The van der Waals surface area contributed by atoms with Gasteiger partial charge in [-0.1, -0.05) is 54.4 Å². The van der Waals surface area contributed by atoms with E-state index in [-0.39, 0.29) is 18.9 Å². The van der Waals surface area contributed by atoms with E-state index in [4.69, 9.17) is 32.7 Å². The van der Waals surface area contributed by atoms with E-state index in [9.17, 15) is 14.7 Å². The quantitative estimate of drug-likeness (QED) is 0.500. The number of aliphatic hydroxyl groups excluding tert-OH is 1. The van der Waals surface area contributed by atoms with Crippen molar-refractivity contribution in [2.45, 2.75) is 70.4 Å². The van der Waals surface area contributed by atoms with Gasteiger partial charge in [-0.15, -0.1) is 0 Å². The van der Waals surface area contributed by atoms with Gasteiger partial charge in [0.15, 0.2) is 0 Å². The maximum absolute atomic E-state index is 13.7. The van der Waals surface area contributed by atoms with Crippen LogP contribution in [0.3, 0.4) is 0 Å². The van der Waals surface area contributed by atoms with Crippen molar-refractivity contribution in [2.75, 3.05) is 6.61 Å². The highest BCUT2D eigenvalue weighted by atomic mass is 35.5. The lowest BCUT2D eigenvalue weighted by Gasteiger charge is -2.47. The van der Waals surface area contributed by atoms with Gasteiger partial charge in [0.1, 0.15) is 17.8 Å². The first-order valence-corrected chi connectivity index (χ1v) is 12.1. The normalized spacial score (nSPS) is 21.9. The standard InChI is InChI=1S/C26H31Cl2NO5/c1-5-20(15-30)29-23(16-9-11-18(27)12-10-16)24(17-7-6-8-19(28)13-17)33-21(25(29)32)14-22(31)34-26(2,3)4/h6-13,20-21,23-24,30H,5,14-15H2,1-4H3/t20?,21?,23-,24+/m1/s1. The van der Waals surface area contributed by atoms with Crippen molar-refractivity contribution in [1.29, 1.82) is 0 Å². The number of aliphatic hydroxyl groups is 1. The average molecular weight is 508 g/mol. The molecule has 0 radical (unpaired) electrons. The van der Waals surface area contributed by atoms with Crippen LogP contribution in [0, 0.1) is 0 Å². The lowest BCUT2D eigenvalue weighted by atomic mass is 9.89. The lowest BCUT2D eigenvalue weighted by Crippen LogP contribution is -2.56. The molecule has 0 spiro atoms. The van der Waals surface area contributed by atoms with Gasteiger partial charge < -0.3 is 19.5 Å². The van der Waals surface area contributed by atoms with Gasteiger partial charge in [0.05, 0.1) is 25.1 Å². The van der Waals surface area contributed by atoms with Crippen LogP contribution in [0.25, 0.3) is 0 Å². The zero-order valence-electron chi connectivity index (χ0n) is 19.8. The van der Waals surface area contributed by atoms with E-state index in [2.05, 4.69) is 0 Å². The first-order valence-electron chi connectivity index (χ1n) is 11.3. The molecule has 184 valence electrons. The molecule has 4 atom stereocenters. The van der Waals surface area contributed by atoms with Gasteiger partial charge in [0.25, 0.3) is 5.91 Å². The van der Waals surface area contributed by atoms with Gasteiger partial charge >= 0.3 is 5.97 Å². The van der Waals surface area contributed by atoms with Crippen molar-refractivity contribution < 1.29 is 24.2 Å². The zero-order valence-corrected chi connectivity index (χ0v) is 21.3. The Bertz CT molecular complexity index is 1000. The molecule has 6 nitrogen and oxygen atoms in total. The molecular weight excluding hydrogens is 477 g/mol. The summed E-state index contributed by atoms with van der Waals surface area (Å²) >= 11 is 12.4. The molecular formula is C26H31Cl2NO5. The maximum atomic E-state index is 13.7. The van der Waals surface area contributed by atoms with Crippen molar-refractivity contribution in [2.24, 2.45) is 0 Å². The molecule has 1 N–H and O–H groups in total. The van der Waals surface area contributed by atoms with Crippen LogP contribution in [0.1, 0.15) is 63.8 Å². The largest absolute Gasteiger partial charge is 0.460 e. The van der Waals surface area contributed by atoms with Crippen LogP contribution < -0.4 is 0 Å². The SMILES string of the molecule is CCC(CO)N1C(=O)C(CC(=O)OC(C)(C)C)O[C@@H](c2cccc(Cl)c2)[C@H]1c1ccc(Cl)cc1. The van der Waals surface area contributed by atoms with Gasteiger partial charge in [-0.2, -0.15) is 0 Å². The third-order valence-corrected chi connectivity index (χ3v) is 6.15. The number of rotatable bonds is 7. The molecule has 0 aliphatic carbocycles. The predicted molar refractivity (Wildman–Crippen MR) is 132 cm³/mol. The number of carbonyl (C=O) groups excluding carboxylic acids is 2. The van der Waals surface area contributed by atoms with Gasteiger partial charge in [-0.3, -0.25) is 9.59 Å². The van der Waals surface area contributed by atoms with E-state index in [0.717, 1.165) is 11.1 Å². The summed E-state index contributed by atoms with van der Waals surface area (Å²) in [5.41, 5.74) is 0.862. The van der Waals surface area contributed by atoms with Crippen molar-refractivity contribution >= 4 is 35.1 Å². The van der Waals surface area contributed by atoms with E-state index >= 15 is 0 Å². The number of halogens is 2. The summed E-state index contributed by atoms with van der Waals surface area (Å²) in [4.78, 5) is 28.0. The summed E-state index contributed by atoms with van der Waals surface area (Å²) < 4.78 is 11.8. The average Bonchev–Trinajstić information content (AvgIpc) is 2.76. The summed E-state index contributed by atoms with van der Waals surface area (Å²) in [7, 11) is 0. The van der Waals surface area contributed by atoms with Gasteiger partial charge in [-0.05, 0) is 62.6 Å². The monoisotopic (exact) mass is 507 g/mol. The third-order valence-electron chi connectivity index (χ3n) is 5.66. The van der Waals surface area contributed by atoms with Crippen LogP contribution in [-0.2, 0) is 19.1 Å². The molecule has 8 heteroatoms. The summed E-state index contributed by atoms with van der Waals surface area (Å²) in [6, 6.07) is 13.4. The van der Waals surface area contributed by atoms with Crippen LogP contribution in [0.4, 0.5) is 0 Å². The highest BCUT2D eigenvalue weighted by Crippen LogP contribution is 2.44. The van der Waals surface area contributed by atoms with E-state index < -0.39 is 35.9 Å². The molecule has 3 rings (SSSR count). The van der Waals surface area contributed by atoms with Crippen LogP contribution in [0.15, 0.2) is 48.5 Å². The number of hydrogen-bond donors (Lipinski definition) is 1. The van der Waals surface area contributed by atoms with E-state index in [1.165, 1.54) is 0 Å². The fraction of sp³-hybridized carbons (Fsp3) is 0.462. The number of hydrogen-bond acceptors (Lipinski definition) is 5. The Kier molecular flexibility index (Phi) is 8.63. The van der Waals surface area contributed by atoms with Crippen molar-refractivity contribution in [3.05, 3.63) is 69.7 Å². The molecule has 2 unspecified atom stereocenters. The Morgan fingerprint density at radius 1 is 1.12 bits per heavy atom. The highest BCUT2D eigenvalue weighted by molar-refractivity contribution is 6.30. The lowest BCUT2D eigenvalue weighted by molar-refractivity contribution is -0.188. The van der Waals surface area contributed by atoms with E-state index in [1.54, 1.807) is 49.9 Å². The number of esters is 1. The van der Waals surface area contributed by atoms with E-state index in [0.29, 0.717) is 16.5 Å². The number of carbonyl (C=O) groups is 2. The number of ether oxygens (including phenoxy) is 2. The minimum Gasteiger partial charge on any atom is -0.460 e. The van der Waals surface area contributed by atoms with Crippen LogP contribution in [-0.4, -0.2) is 46.2 Å². The molecule has 0 bridgehead atoms. The molecule has 1 heterocycles. The molecule has 2 aromatic carbocycles. The number of benzene rings is 2. The summed E-state index contributed by atoms with van der Waals surface area (Å²) in [5, 5.41) is 11.2. The molecule has 1 fully saturated rings. The Labute approximate surface area is 210 Å². The predicted octanol–water partition coefficient (Wildman–Crippen LogP) is 5.51. The Hall–Kier alpha value is -2.12. The molecule has 1 saturated heterocycles. The Balaban J connectivity index is 2.09. The van der Waals surface area contributed by atoms with Crippen LogP contribution in [0.2, 0.25) is 10.0 Å². The van der Waals surface area contributed by atoms with Crippen molar-refractivity contribution in [3.63, 3.8) is 0 Å². The molecule has 0 saturated carbocycles. The second-order valence-electron chi connectivity index (χ2n) is 9.38. The molecule has 1 aliphatic heterocycles. The molecule has 0 aromatic heterocycles. The Morgan fingerprint density at radius 3 is 2.35 bits per heavy atom. The van der Waals surface area contributed by atoms with E-state index in [1.807, 2.05) is 31.2 Å². The fourth-order valence-electron chi connectivity index (χ4n) is 4.19. The molecule has 34 heavy (non-hydrogen) atoms. The topological polar surface area (TPSA) is 76.1 Å². The van der Waals surface area contributed by atoms with Crippen molar-refractivity contribution in [3.8, 4) is 0 Å². The third kappa shape index (κ3) is 6.30. The summed E-state index contributed by atoms with van der Waals surface area (Å²) in [6.45, 7) is 6.98. The second kappa shape index (κ2) is 11.1. The highest BCUT2D eigenvalue weighted by Gasteiger charge is 2.47. The summed E-state index contributed by atoms with van der Waals surface area (Å²) in [5.74, 6) is -0.900. The molecule has 1 amide bonds. The number of amides is 1. The Morgan fingerprint density at radius 2 is 1.79 bits per heavy atom. The molecule has 1 aliphatic rings. The zero-order chi connectivity index (χ0) is 25.0. The first kappa shape index (κ1) is 26.5. The number of nitrogens with zero attached hydrogens (tertiary/aromatic N) is 1.